The number of aryl methyl sites for hydroxylation is 1. The Labute approximate surface area is 270 Å². The molecule has 1 saturated heterocycles. The molecule has 0 unspecified atom stereocenters. The van der Waals surface area contributed by atoms with Crippen LogP contribution in [0.3, 0.4) is 0 Å². The average Bonchev–Trinajstić information content (AvgIpc) is 3.02. The Balaban J connectivity index is 0.00000226. The molecule has 1 amide bonds. The Bertz CT molecular complexity index is 1280. The molecular formula is C37H56FN5O2. The van der Waals surface area contributed by atoms with Gasteiger partial charge in [-0.2, -0.15) is 0 Å². The quantitative estimate of drug-likeness (QED) is 0.155. The number of hydrogen-bond acceptors (Lipinski definition) is 5. The van der Waals surface area contributed by atoms with E-state index in [-0.39, 0.29) is 11.7 Å². The van der Waals surface area contributed by atoms with E-state index in [2.05, 4.69) is 60.7 Å². The number of aliphatic imine (C=N–C) groups is 1. The summed E-state index contributed by atoms with van der Waals surface area (Å²) in [6.45, 7) is 17.9. The van der Waals surface area contributed by atoms with E-state index in [0.717, 1.165) is 55.1 Å². The summed E-state index contributed by atoms with van der Waals surface area (Å²) in [6.07, 6.45) is 4.08. The van der Waals surface area contributed by atoms with Gasteiger partial charge in [-0.3, -0.25) is 14.7 Å². The number of nitrogens with zero attached hydrogens (tertiary/aromatic N) is 2. The molecule has 248 valence electrons. The largest absolute Gasteiger partial charge is 0.497 e. The van der Waals surface area contributed by atoms with Crippen LogP contribution in [0.5, 0.6) is 5.75 Å². The molecule has 6 rings (SSSR count). The topological polar surface area (TPSA) is 78.0 Å². The monoisotopic (exact) mass is 621 g/mol. The van der Waals surface area contributed by atoms with Crippen LogP contribution in [0.1, 0.15) is 71.9 Å². The van der Waals surface area contributed by atoms with Crippen LogP contribution in [0.25, 0.3) is 0 Å². The fourth-order valence-electron chi connectivity index (χ4n) is 7.46. The van der Waals surface area contributed by atoms with Crippen LogP contribution in [-0.2, 0) is 17.6 Å². The fourth-order valence-corrected chi connectivity index (χ4v) is 7.46. The Morgan fingerprint density at radius 3 is 2.53 bits per heavy atom. The zero-order valence-electron chi connectivity index (χ0n) is 28.6. The van der Waals surface area contributed by atoms with Gasteiger partial charge in [-0.05, 0) is 85.1 Å². The number of methoxy groups -OCH3 is 1. The Morgan fingerprint density at radius 1 is 1.13 bits per heavy atom. The summed E-state index contributed by atoms with van der Waals surface area (Å²) in [5.74, 6) is 3.38. The number of carbonyl (C=O) groups excluding carboxylic acids is 1. The molecule has 2 bridgehead atoms. The smallest absolute Gasteiger partial charge is 0.224 e. The lowest BCUT2D eigenvalue weighted by Gasteiger charge is -2.61. The molecule has 3 N–H and O–H groups in total. The highest BCUT2D eigenvalue weighted by molar-refractivity contribution is 5.97. The molecule has 2 aromatic rings. The van der Waals surface area contributed by atoms with Crippen molar-refractivity contribution in [3.63, 3.8) is 0 Å². The van der Waals surface area contributed by atoms with E-state index in [0.29, 0.717) is 60.5 Å². The number of carbonyl (C=O) groups is 1. The molecule has 4 aliphatic rings. The number of piperazine rings is 1. The van der Waals surface area contributed by atoms with Gasteiger partial charge in [-0.25, -0.2) is 4.39 Å². The molecule has 7 nitrogen and oxygen atoms in total. The zero-order chi connectivity index (χ0) is 32.6. The molecule has 0 spiro atoms. The normalized spacial score (nSPS) is 25.8. The number of rotatable bonds is 11. The molecule has 3 aliphatic carbocycles. The van der Waals surface area contributed by atoms with E-state index < -0.39 is 0 Å². The molecular weight excluding hydrogens is 565 g/mol. The van der Waals surface area contributed by atoms with E-state index in [1.165, 1.54) is 26.0 Å². The van der Waals surface area contributed by atoms with Crippen LogP contribution in [0.4, 0.5) is 10.1 Å². The van der Waals surface area contributed by atoms with Crippen LogP contribution < -0.4 is 20.7 Å². The SMILES string of the molecule is CC.COc1ccc(CCCNC(=O)Cc2ccc(NC(CN3CCN[C@@H](C)C3)=N[C@H]3C[C@H]4C[C@@H]([C@@H]3C)C4(C)C)cc2)c(F)c1. The van der Waals surface area contributed by atoms with Crippen molar-refractivity contribution in [3.05, 3.63) is 59.4 Å². The second-order valence-corrected chi connectivity index (χ2v) is 13.6. The third-order valence-electron chi connectivity index (χ3n) is 10.3. The van der Waals surface area contributed by atoms with Crippen LogP contribution in [0.15, 0.2) is 47.5 Å². The number of fused-ring (bicyclic) bond motifs is 2. The van der Waals surface area contributed by atoms with Gasteiger partial charge in [0.15, 0.2) is 0 Å². The molecule has 45 heavy (non-hydrogen) atoms. The Morgan fingerprint density at radius 2 is 1.89 bits per heavy atom. The lowest BCUT2D eigenvalue weighted by molar-refractivity contribution is -0.120. The summed E-state index contributed by atoms with van der Waals surface area (Å²) in [4.78, 5) is 20.4. The molecule has 0 aromatic heterocycles. The maximum absolute atomic E-state index is 14.1. The lowest BCUT2D eigenvalue weighted by atomic mass is 9.45. The van der Waals surface area contributed by atoms with Crippen molar-refractivity contribution in [1.82, 2.24) is 15.5 Å². The van der Waals surface area contributed by atoms with Crippen LogP contribution in [-0.4, -0.2) is 68.6 Å². The second-order valence-electron chi connectivity index (χ2n) is 13.6. The number of ether oxygens (including phenoxy) is 1. The minimum atomic E-state index is -0.274. The first kappa shape index (κ1) is 34.9. The van der Waals surface area contributed by atoms with E-state index in [1.54, 1.807) is 12.1 Å². The minimum Gasteiger partial charge on any atom is -0.497 e. The van der Waals surface area contributed by atoms with Crippen molar-refractivity contribution in [3.8, 4) is 5.75 Å². The second kappa shape index (κ2) is 16.0. The van der Waals surface area contributed by atoms with Crippen molar-refractivity contribution < 1.29 is 13.9 Å². The van der Waals surface area contributed by atoms with Crippen molar-refractivity contribution in [2.75, 3.05) is 45.2 Å². The van der Waals surface area contributed by atoms with Crippen LogP contribution in [0, 0.1) is 29.0 Å². The van der Waals surface area contributed by atoms with Crippen LogP contribution >= 0.6 is 0 Å². The number of anilines is 1. The van der Waals surface area contributed by atoms with Gasteiger partial charge in [0.05, 0.1) is 26.1 Å². The van der Waals surface area contributed by atoms with E-state index in [9.17, 15) is 9.18 Å². The highest BCUT2D eigenvalue weighted by atomic mass is 19.1. The first-order valence-electron chi connectivity index (χ1n) is 17.1. The molecule has 1 heterocycles. The maximum atomic E-state index is 14.1. The van der Waals surface area contributed by atoms with Gasteiger partial charge in [0, 0.05) is 44.0 Å². The van der Waals surface area contributed by atoms with Gasteiger partial charge in [0.25, 0.3) is 0 Å². The molecule has 2 aromatic carbocycles. The minimum absolute atomic E-state index is 0.0289. The fraction of sp³-hybridized carbons (Fsp3) is 0.622. The lowest BCUT2D eigenvalue weighted by Crippen LogP contribution is -2.56. The van der Waals surface area contributed by atoms with Gasteiger partial charge in [-0.15, -0.1) is 0 Å². The highest BCUT2D eigenvalue weighted by Gasteiger charge is 2.56. The van der Waals surface area contributed by atoms with E-state index in [4.69, 9.17) is 9.73 Å². The zero-order valence-corrected chi connectivity index (χ0v) is 28.6. The molecule has 0 radical (unpaired) electrons. The van der Waals surface area contributed by atoms with Gasteiger partial charge in [0.1, 0.15) is 17.4 Å². The number of amidine groups is 1. The molecule has 5 atom stereocenters. The van der Waals surface area contributed by atoms with E-state index in [1.807, 2.05) is 26.0 Å². The van der Waals surface area contributed by atoms with Crippen LogP contribution in [0.2, 0.25) is 0 Å². The van der Waals surface area contributed by atoms with E-state index >= 15 is 0 Å². The summed E-state index contributed by atoms with van der Waals surface area (Å²) in [6, 6.07) is 13.9. The number of hydrogen-bond donors (Lipinski definition) is 3. The third kappa shape index (κ3) is 9.07. The average molecular weight is 622 g/mol. The summed E-state index contributed by atoms with van der Waals surface area (Å²) < 4.78 is 19.2. The Hall–Kier alpha value is -2.97. The Kier molecular flexibility index (Phi) is 12.4. The predicted octanol–water partition coefficient (Wildman–Crippen LogP) is 6.33. The maximum Gasteiger partial charge on any atom is 0.224 e. The molecule has 3 saturated carbocycles. The van der Waals surface area contributed by atoms with Crippen molar-refractivity contribution in [2.24, 2.45) is 28.2 Å². The molecule has 4 fully saturated rings. The molecule has 1 aliphatic heterocycles. The van der Waals surface area contributed by atoms with Crippen molar-refractivity contribution >= 4 is 17.4 Å². The summed E-state index contributed by atoms with van der Waals surface area (Å²) in [7, 11) is 1.52. The van der Waals surface area contributed by atoms with Gasteiger partial charge >= 0.3 is 0 Å². The predicted molar refractivity (Wildman–Crippen MR) is 184 cm³/mol. The highest BCUT2D eigenvalue weighted by Crippen LogP contribution is 2.61. The van der Waals surface area contributed by atoms with Gasteiger partial charge < -0.3 is 20.7 Å². The summed E-state index contributed by atoms with van der Waals surface area (Å²) in [5, 5.41) is 10.2. The first-order chi connectivity index (χ1) is 21.6. The number of nitrogens with one attached hydrogen (secondary N) is 3. The number of benzene rings is 2. The summed E-state index contributed by atoms with van der Waals surface area (Å²) >= 11 is 0. The van der Waals surface area contributed by atoms with Crippen molar-refractivity contribution in [1.29, 1.82) is 0 Å². The number of halogens is 1. The summed E-state index contributed by atoms with van der Waals surface area (Å²) in [5.41, 5.74) is 3.04. The first-order valence-corrected chi connectivity index (χ1v) is 17.1. The standard InChI is InChI=1S/C35H50FN5O2.C2H6/c1-23-21-41(16-15-37-23)22-33(40-32-19-27-18-30(24(32)2)35(27,3)4)39-28-11-8-25(9-12-28)17-34(42)38-14-6-7-26-10-13-29(43-5)20-31(26)36;1-2/h8-13,20,23-24,27,30,32,37H,6-7,14-19,21-22H2,1-5H3,(H,38,42)(H,39,40);1-2H3/t23-,24-,27+,30-,32-;/m0./s1. The number of amides is 1. The molecule has 8 heteroatoms. The third-order valence-corrected chi connectivity index (χ3v) is 10.3. The van der Waals surface area contributed by atoms with Gasteiger partial charge in [-0.1, -0.05) is 52.8 Å². The van der Waals surface area contributed by atoms with Crippen molar-refractivity contribution in [2.45, 2.75) is 85.7 Å². The van der Waals surface area contributed by atoms with Gasteiger partial charge in [0.2, 0.25) is 5.91 Å².